The lowest BCUT2D eigenvalue weighted by Crippen LogP contribution is -2.48. The van der Waals surface area contributed by atoms with Gasteiger partial charge in [0.25, 0.3) is 0 Å². The second kappa shape index (κ2) is 13.5. The number of nitrogens with zero attached hydrogens (tertiary/aromatic N) is 2. The van der Waals surface area contributed by atoms with E-state index in [9.17, 15) is 48.0 Å². The predicted molar refractivity (Wildman–Crippen MR) is 110 cm³/mol. The molecule has 0 aromatic heterocycles. The number of quaternary nitrogens is 1. The first-order valence-corrected chi connectivity index (χ1v) is 12.6. The highest BCUT2D eigenvalue weighted by atomic mass is 32.3. The Balaban J connectivity index is 0. The second-order valence-electron chi connectivity index (χ2n) is 6.96. The van der Waals surface area contributed by atoms with Crippen molar-refractivity contribution in [2.45, 2.75) is 58.0 Å². The van der Waals surface area contributed by atoms with Crippen molar-refractivity contribution in [3.63, 3.8) is 0 Å². The standard InChI is InChI=1S/C15H30NO2.C2F6NO4S2/c1-6-11-16(7-2,8-3)12-9-10-13-18-15(17)14(4)5;3-1(4,5)14(10,11)9-15(12,13)2(6,7)8/h4,6-13H2,1-3,5H3;/q+1;-1. The third kappa shape index (κ3) is 12.0. The first-order valence-electron chi connectivity index (χ1n) is 9.76. The zero-order valence-corrected chi connectivity index (χ0v) is 20.4. The van der Waals surface area contributed by atoms with Crippen LogP contribution < -0.4 is 0 Å². The van der Waals surface area contributed by atoms with Crippen LogP contribution in [0.2, 0.25) is 0 Å². The molecule has 0 rings (SSSR count). The number of halogens is 6. The Bertz CT molecular complexity index is 793. The fraction of sp³-hybridized carbons (Fsp3) is 0.824. The van der Waals surface area contributed by atoms with Gasteiger partial charge in [0.05, 0.1) is 32.8 Å². The van der Waals surface area contributed by atoms with Gasteiger partial charge in [0.1, 0.15) is 0 Å². The Morgan fingerprint density at radius 1 is 0.879 bits per heavy atom. The lowest BCUT2D eigenvalue weighted by molar-refractivity contribution is -0.925. The molecule has 0 aliphatic carbocycles. The number of carbonyl (C=O) groups is 1. The number of esters is 1. The lowest BCUT2D eigenvalue weighted by Gasteiger charge is -2.36. The molecule has 0 unspecified atom stereocenters. The molecule has 33 heavy (non-hydrogen) atoms. The summed E-state index contributed by atoms with van der Waals surface area (Å²) in [7, 11) is -13.4. The molecule has 0 aromatic carbocycles. The second-order valence-corrected chi connectivity index (χ2v) is 10.4. The highest BCUT2D eigenvalue weighted by Gasteiger charge is 2.46. The van der Waals surface area contributed by atoms with Crippen molar-refractivity contribution in [3.8, 4) is 0 Å². The number of ether oxygens (including phenoxy) is 1. The Hall–Kier alpha value is -1.39. The van der Waals surface area contributed by atoms with Crippen LogP contribution >= 0.6 is 0 Å². The van der Waals surface area contributed by atoms with Crippen LogP contribution in [0.15, 0.2) is 12.2 Å². The van der Waals surface area contributed by atoms with E-state index in [-0.39, 0.29) is 5.97 Å². The molecule has 0 amide bonds. The molecule has 0 spiro atoms. The largest absolute Gasteiger partial charge is 0.480 e. The van der Waals surface area contributed by atoms with E-state index in [2.05, 4.69) is 27.4 Å². The summed E-state index contributed by atoms with van der Waals surface area (Å²) in [6.07, 6.45) is 3.29. The van der Waals surface area contributed by atoms with E-state index in [1.807, 2.05) is 0 Å². The maximum atomic E-state index is 11.4. The van der Waals surface area contributed by atoms with Gasteiger partial charge < -0.3 is 13.3 Å². The third-order valence-corrected chi connectivity index (χ3v) is 7.17. The van der Waals surface area contributed by atoms with E-state index in [1.165, 1.54) is 37.1 Å². The van der Waals surface area contributed by atoms with Crippen LogP contribution in [0.3, 0.4) is 0 Å². The van der Waals surface area contributed by atoms with Crippen LogP contribution in [0.4, 0.5) is 26.3 Å². The molecule has 0 radical (unpaired) electrons. The van der Waals surface area contributed by atoms with E-state index >= 15 is 0 Å². The molecule has 0 atom stereocenters. The van der Waals surface area contributed by atoms with Gasteiger partial charge in [-0.1, -0.05) is 13.5 Å². The number of carbonyl (C=O) groups excluding carboxylic acids is 1. The Morgan fingerprint density at radius 3 is 1.61 bits per heavy atom. The van der Waals surface area contributed by atoms with Gasteiger partial charge in [-0.3, -0.25) is 0 Å². The molecule has 16 heteroatoms. The van der Waals surface area contributed by atoms with E-state index in [0.717, 1.165) is 17.0 Å². The van der Waals surface area contributed by atoms with Gasteiger partial charge in [-0.25, -0.2) is 21.6 Å². The van der Waals surface area contributed by atoms with Gasteiger partial charge in [-0.15, -0.1) is 0 Å². The molecule has 198 valence electrons. The zero-order valence-electron chi connectivity index (χ0n) is 18.8. The minimum atomic E-state index is -6.72. The summed E-state index contributed by atoms with van der Waals surface area (Å²) in [6.45, 7) is 17.4. The zero-order chi connectivity index (χ0) is 26.7. The average molecular weight is 537 g/mol. The number of sulfonamides is 2. The summed E-state index contributed by atoms with van der Waals surface area (Å²) in [5.74, 6) is -0.268. The van der Waals surface area contributed by atoms with Crippen LogP contribution in [-0.2, 0) is 29.6 Å². The van der Waals surface area contributed by atoms with Gasteiger partial charge in [-0.2, -0.15) is 26.3 Å². The van der Waals surface area contributed by atoms with Crippen molar-refractivity contribution in [1.29, 1.82) is 0 Å². The molecule has 0 aromatic rings. The average Bonchev–Trinajstić information content (AvgIpc) is 2.64. The van der Waals surface area contributed by atoms with Gasteiger partial charge in [0, 0.05) is 5.57 Å². The molecule has 8 nitrogen and oxygen atoms in total. The topological polar surface area (TPSA) is 109 Å². The number of unbranched alkanes of at least 4 members (excludes halogenated alkanes) is 1. The van der Waals surface area contributed by atoms with E-state index in [0.29, 0.717) is 12.2 Å². The number of alkyl halides is 6. The molecule has 0 saturated heterocycles. The van der Waals surface area contributed by atoms with Gasteiger partial charge in [-0.05, 0) is 40.0 Å². The van der Waals surface area contributed by atoms with Crippen LogP contribution in [0.1, 0.15) is 47.0 Å². The Kier molecular flexibility index (Phi) is 13.8. The van der Waals surface area contributed by atoms with Gasteiger partial charge in [0.2, 0.25) is 0 Å². The van der Waals surface area contributed by atoms with Crippen molar-refractivity contribution >= 4 is 26.0 Å². The van der Waals surface area contributed by atoms with Crippen LogP contribution in [0.25, 0.3) is 4.13 Å². The smallest absolute Gasteiger partial charge is 0.462 e. The van der Waals surface area contributed by atoms with Gasteiger partial charge in [0.15, 0.2) is 20.0 Å². The Morgan fingerprint density at radius 2 is 1.30 bits per heavy atom. The maximum Gasteiger partial charge on any atom is 0.480 e. The first kappa shape index (κ1) is 33.8. The van der Waals surface area contributed by atoms with E-state index < -0.39 is 31.1 Å². The molecule has 0 N–H and O–H groups in total. The highest BCUT2D eigenvalue weighted by Crippen LogP contribution is 2.36. The van der Waals surface area contributed by atoms with Crippen LogP contribution in [-0.4, -0.2) is 71.1 Å². The first-order chi connectivity index (χ1) is 14.7. The van der Waals surface area contributed by atoms with Crippen molar-refractivity contribution < 1.29 is 57.2 Å². The number of hydrogen-bond acceptors (Lipinski definition) is 6. The minimum Gasteiger partial charge on any atom is -0.462 e. The molecular formula is C17H30F6N2O6S2. The van der Waals surface area contributed by atoms with Crippen molar-refractivity contribution in [2.24, 2.45) is 0 Å². The molecule has 0 aliphatic rings. The maximum absolute atomic E-state index is 11.4. The van der Waals surface area contributed by atoms with Crippen molar-refractivity contribution in [1.82, 2.24) is 0 Å². The number of rotatable bonds is 12. The summed E-state index contributed by atoms with van der Waals surface area (Å²) < 4.78 is 115. The van der Waals surface area contributed by atoms with Crippen LogP contribution in [0, 0.1) is 0 Å². The monoisotopic (exact) mass is 536 g/mol. The van der Waals surface area contributed by atoms with E-state index in [4.69, 9.17) is 4.74 Å². The van der Waals surface area contributed by atoms with Crippen LogP contribution in [0.5, 0.6) is 0 Å². The third-order valence-electron chi connectivity index (χ3n) is 4.43. The highest BCUT2D eigenvalue weighted by molar-refractivity contribution is 8.13. The number of hydrogen-bond donors (Lipinski definition) is 0. The summed E-state index contributed by atoms with van der Waals surface area (Å²) in [4.78, 5) is 11.2. The fourth-order valence-electron chi connectivity index (χ4n) is 2.49. The predicted octanol–water partition coefficient (Wildman–Crippen LogP) is 4.21. The molecular weight excluding hydrogens is 506 g/mol. The fourth-order valence-corrected chi connectivity index (χ4v) is 4.20. The summed E-state index contributed by atoms with van der Waals surface area (Å²) in [6, 6.07) is 0. The summed E-state index contributed by atoms with van der Waals surface area (Å²) in [5.41, 5.74) is -11.9. The van der Waals surface area contributed by atoms with E-state index in [1.54, 1.807) is 6.92 Å². The molecule has 0 aliphatic heterocycles. The Labute approximate surface area is 190 Å². The summed E-state index contributed by atoms with van der Waals surface area (Å²) >= 11 is 0. The molecule has 0 heterocycles. The summed E-state index contributed by atoms with van der Waals surface area (Å²) in [5, 5.41) is 0. The van der Waals surface area contributed by atoms with Gasteiger partial charge >= 0.3 is 17.0 Å². The molecule has 0 fully saturated rings. The minimum absolute atomic E-state index is 0.268. The molecule has 0 bridgehead atoms. The molecule has 0 saturated carbocycles. The SMILES string of the molecule is C=C(C)C(=O)OCCCC[N+](CC)(CC)CCC.O=S(=O)([N-]S(=O)(=O)C(F)(F)F)C(F)(F)F. The lowest BCUT2D eigenvalue weighted by atomic mass is 10.2. The van der Waals surface area contributed by atoms with Crippen molar-refractivity contribution in [3.05, 3.63) is 16.3 Å². The van der Waals surface area contributed by atoms with Crippen molar-refractivity contribution in [2.75, 3.05) is 32.8 Å². The quantitative estimate of drug-likeness (QED) is 0.122. The normalized spacial score (nSPS) is 13.2.